The second-order valence-corrected chi connectivity index (χ2v) is 3.78. The topological polar surface area (TPSA) is 29.1 Å². The number of carbonyl (C=O) groups excluding carboxylic acids is 1. The van der Waals surface area contributed by atoms with Crippen molar-refractivity contribution in [2.24, 2.45) is 5.41 Å². The summed E-state index contributed by atoms with van der Waals surface area (Å²) in [6.45, 7) is 3.88. The minimum absolute atomic E-state index is 0.0125. The number of hydrogen-bond donors (Lipinski definition) is 1. The fourth-order valence-corrected chi connectivity index (χ4v) is 2.12. The molecule has 1 rings (SSSR count). The Morgan fingerprint density at radius 2 is 2.46 bits per heavy atom. The summed E-state index contributed by atoms with van der Waals surface area (Å²) in [6.07, 6.45) is 9.15. The van der Waals surface area contributed by atoms with Crippen LogP contribution >= 0.6 is 0 Å². The summed E-state index contributed by atoms with van der Waals surface area (Å²) in [5.41, 5.74) is -0.248. The minimum atomic E-state index is -0.248. The summed E-state index contributed by atoms with van der Waals surface area (Å²) < 4.78 is 0. The van der Waals surface area contributed by atoms with E-state index in [9.17, 15) is 4.79 Å². The zero-order chi connectivity index (χ0) is 9.73. The van der Waals surface area contributed by atoms with Crippen LogP contribution in [-0.4, -0.2) is 18.9 Å². The lowest BCUT2D eigenvalue weighted by Crippen LogP contribution is -2.45. The van der Waals surface area contributed by atoms with Crippen LogP contribution in [0.4, 0.5) is 0 Å². The molecular weight excluding hydrogens is 162 g/mol. The summed E-state index contributed by atoms with van der Waals surface area (Å²) in [4.78, 5) is 11.6. The third-order valence-electron chi connectivity index (χ3n) is 2.81. The number of rotatable bonds is 3. The number of ketones is 1. The summed E-state index contributed by atoms with van der Waals surface area (Å²) in [6, 6.07) is 0. The molecule has 0 aromatic rings. The van der Waals surface area contributed by atoms with Crippen LogP contribution in [0.25, 0.3) is 0 Å². The molecular formula is C11H17NO. The van der Waals surface area contributed by atoms with Gasteiger partial charge in [0, 0.05) is 6.54 Å². The smallest absolute Gasteiger partial charge is 0.212 e. The van der Waals surface area contributed by atoms with Crippen LogP contribution in [0.3, 0.4) is 0 Å². The van der Waals surface area contributed by atoms with Gasteiger partial charge in [-0.3, -0.25) is 4.79 Å². The molecule has 1 atom stereocenters. The van der Waals surface area contributed by atoms with Gasteiger partial charge in [-0.2, -0.15) is 0 Å². The highest BCUT2D eigenvalue weighted by Gasteiger charge is 2.37. The molecule has 2 nitrogen and oxygen atoms in total. The highest BCUT2D eigenvalue weighted by molar-refractivity contribution is 5.99. The Morgan fingerprint density at radius 3 is 2.92 bits per heavy atom. The lowest BCUT2D eigenvalue weighted by molar-refractivity contribution is -0.124. The van der Waals surface area contributed by atoms with Crippen molar-refractivity contribution in [3.05, 3.63) is 0 Å². The molecule has 1 aliphatic heterocycles. The number of terminal acetylenes is 1. The summed E-state index contributed by atoms with van der Waals surface area (Å²) >= 11 is 0. The van der Waals surface area contributed by atoms with E-state index in [4.69, 9.17) is 6.42 Å². The normalized spacial score (nSPS) is 28.0. The predicted octanol–water partition coefficient (Wildman–Crippen LogP) is 1.36. The number of hydrogen-bond acceptors (Lipinski definition) is 2. The van der Waals surface area contributed by atoms with E-state index in [0.717, 1.165) is 38.8 Å². The fraction of sp³-hybridized carbons (Fsp3) is 0.727. The number of piperidine rings is 1. The zero-order valence-electron chi connectivity index (χ0n) is 8.23. The monoisotopic (exact) mass is 179 g/mol. The largest absolute Gasteiger partial charge is 0.316 e. The SMILES string of the molecule is C#CC(=O)C1(CCC)CCCNC1. The minimum Gasteiger partial charge on any atom is -0.316 e. The van der Waals surface area contributed by atoms with Crippen molar-refractivity contribution in [1.29, 1.82) is 0 Å². The Morgan fingerprint density at radius 1 is 1.69 bits per heavy atom. The van der Waals surface area contributed by atoms with E-state index < -0.39 is 0 Å². The van der Waals surface area contributed by atoms with E-state index in [1.165, 1.54) is 0 Å². The second-order valence-electron chi connectivity index (χ2n) is 3.78. The summed E-state index contributed by atoms with van der Waals surface area (Å²) in [7, 11) is 0. The molecule has 1 saturated heterocycles. The molecule has 13 heavy (non-hydrogen) atoms. The van der Waals surface area contributed by atoms with Crippen molar-refractivity contribution in [2.45, 2.75) is 32.6 Å². The lowest BCUT2D eigenvalue weighted by Gasteiger charge is -2.34. The molecule has 1 aliphatic rings. The molecule has 0 amide bonds. The molecule has 0 bridgehead atoms. The third-order valence-corrected chi connectivity index (χ3v) is 2.81. The van der Waals surface area contributed by atoms with Crippen LogP contribution in [0, 0.1) is 17.8 Å². The van der Waals surface area contributed by atoms with Gasteiger partial charge in [0.2, 0.25) is 5.78 Å². The van der Waals surface area contributed by atoms with Crippen LogP contribution in [0.1, 0.15) is 32.6 Å². The molecule has 0 radical (unpaired) electrons. The van der Waals surface area contributed by atoms with E-state index in [0.29, 0.717) is 0 Å². The Bertz CT molecular complexity index is 215. The molecule has 0 saturated carbocycles. The molecule has 0 aliphatic carbocycles. The van der Waals surface area contributed by atoms with Gasteiger partial charge in [0.1, 0.15) is 0 Å². The first kappa shape index (κ1) is 10.3. The Labute approximate surface area is 80.1 Å². The van der Waals surface area contributed by atoms with Gasteiger partial charge >= 0.3 is 0 Å². The van der Waals surface area contributed by atoms with Crippen molar-refractivity contribution in [3.63, 3.8) is 0 Å². The van der Waals surface area contributed by atoms with Gasteiger partial charge < -0.3 is 5.32 Å². The van der Waals surface area contributed by atoms with Crippen LogP contribution in [-0.2, 0) is 4.79 Å². The Kier molecular flexibility index (Phi) is 3.50. The van der Waals surface area contributed by atoms with Gasteiger partial charge in [-0.05, 0) is 31.7 Å². The molecule has 0 aromatic heterocycles. The number of carbonyl (C=O) groups is 1. The van der Waals surface area contributed by atoms with Crippen LogP contribution in [0.5, 0.6) is 0 Å². The number of Topliss-reactive ketones (excluding diaryl/α,β-unsaturated/α-hetero) is 1. The van der Waals surface area contributed by atoms with Gasteiger partial charge in [0.25, 0.3) is 0 Å². The molecule has 1 N–H and O–H groups in total. The summed E-state index contributed by atoms with van der Waals surface area (Å²) in [5.74, 6) is 2.27. The van der Waals surface area contributed by atoms with Crippen molar-refractivity contribution in [1.82, 2.24) is 5.32 Å². The standard InChI is InChI=1S/C11H17NO/c1-3-6-11(10(13)4-2)7-5-8-12-9-11/h2,12H,3,5-9H2,1H3. The van der Waals surface area contributed by atoms with Crippen molar-refractivity contribution in [3.8, 4) is 12.3 Å². The maximum absolute atomic E-state index is 11.6. The highest BCUT2D eigenvalue weighted by Crippen LogP contribution is 2.32. The van der Waals surface area contributed by atoms with Crippen LogP contribution in [0.2, 0.25) is 0 Å². The van der Waals surface area contributed by atoms with Gasteiger partial charge in [-0.15, -0.1) is 6.42 Å². The summed E-state index contributed by atoms with van der Waals surface area (Å²) in [5, 5.41) is 3.26. The molecule has 2 heteroatoms. The Hall–Kier alpha value is -0.810. The van der Waals surface area contributed by atoms with Gasteiger partial charge in [0.05, 0.1) is 5.41 Å². The van der Waals surface area contributed by atoms with Crippen molar-refractivity contribution in [2.75, 3.05) is 13.1 Å². The highest BCUT2D eigenvalue weighted by atomic mass is 16.1. The fourth-order valence-electron chi connectivity index (χ4n) is 2.12. The maximum atomic E-state index is 11.6. The van der Waals surface area contributed by atoms with E-state index in [-0.39, 0.29) is 11.2 Å². The Balaban J connectivity index is 2.73. The first-order valence-electron chi connectivity index (χ1n) is 4.97. The quantitative estimate of drug-likeness (QED) is 0.523. The second kappa shape index (κ2) is 4.43. The molecule has 1 fully saturated rings. The molecule has 0 aromatic carbocycles. The van der Waals surface area contributed by atoms with Crippen molar-refractivity contribution < 1.29 is 4.79 Å². The first-order chi connectivity index (χ1) is 6.25. The first-order valence-corrected chi connectivity index (χ1v) is 4.97. The van der Waals surface area contributed by atoms with Crippen LogP contribution < -0.4 is 5.32 Å². The predicted molar refractivity (Wildman–Crippen MR) is 53.3 cm³/mol. The average molecular weight is 179 g/mol. The van der Waals surface area contributed by atoms with E-state index in [1.54, 1.807) is 0 Å². The van der Waals surface area contributed by atoms with E-state index >= 15 is 0 Å². The molecule has 0 spiro atoms. The van der Waals surface area contributed by atoms with Gasteiger partial charge in [-0.1, -0.05) is 13.3 Å². The molecule has 1 unspecified atom stereocenters. The third kappa shape index (κ3) is 2.10. The molecule has 72 valence electrons. The van der Waals surface area contributed by atoms with Gasteiger partial charge in [-0.25, -0.2) is 0 Å². The van der Waals surface area contributed by atoms with Crippen LogP contribution in [0.15, 0.2) is 0 Å². The zero-order valence-corrected chi connectivity index (χ0v) is 8.23. The van der Waals surface area contributed by atoms with E-state index in [1.807, 2.05) is 0 Å². The molecule has 1 heterocycles. The average Bonchev–Trinajstić information content (AvgIpc) is 2.18. The van der Waals surface area contributed by atoms with Crippen molar-refractivity contribution >= 4 is 5.78 Å². The van der Waals surface area contributed by atoms with Gasteiger partial charge in [0.15, 0.2) is 0 Å². The number of nitrogens with one attached hydrogen (secondary N) is 1. The lowest BCUT2D eigenvalue weighted by atomic mass is 9.74. The van der Waals surface area contributed by atoms with E-state index in [2.05, 4.69) is 18.2 Å². The maximum Gasteiger partial charge on any atom is 0.212 e.